The van der Waals surface area contributed by atoms with E-state index in [4.69, 9.17) is 0 Å². The molecule has 1 N–H and O–H groups in total. The average Bonchev–Trinajstić information content (AvgIpc) is 2.32. The van der Waals surface area contributed by atoms with Crippen molar-refractivity contribution in [2.75, 3.05) is 16.8 Å². The quantitative estimate of drug-likeness (QED) is 0.816. The van der Waals surface area contributed by atoms with Crippen molar-refractivity contribution in [3.63, 3.8) is 0 Å². The molecule has 1 heterocycles. The van der Waals surface area contributed by atoms with Crippen molar-refractivity contribution in [3.8, 4) is 0 Å². The molecule has 0 aromatic heterocycles. The molecule has 0 atom stereocenters. The third kappa shape index (κ3) is 3.31. The van der Waals surface area contributed by atoms with Crippen LogP contribution in [0.2, 0.25) is 0 Å². The SMILES string of the molecule is Fc1ccc(C(F)(F)F)cc1NC1CCSCC1. The van der Waals surface area contributed by atoms with Crippen LogP contribution in [0.4, 0.5) is 23.2 Å². The van der Waals surface area contributed by atoms with E-state index >= 15 is 0 Å². The van der Waals surface area contributed by atoms with Gasteiger partial charge in [0.15, 0.2) is 0 Å². The van der Waals surface area contributed by atoms with Crippen molar-refractivity contribution in [1.82, 2.24) is 0 Å². The minimum Gasteiger partial charge on any atom is -0.380 e. The van der Waals surface area contributed by atoms with Crippen molar-refractivity contribution in [2.24, 2.45) is 0 Å². The van der Waals surface area contributed by atoms with Gasteiger partial charge in [-0.3, -0.25) is 0 Å². The van der Waals surface area contributed by atoms with Crippen LogP contribution >= 0.6 is 11.8 Å². The summed E-state index contributed by atoms with van der Waals surface area (Å²) in [7, 11) is 0. The molecule has 1 nitrogen and oxygen atoms in total. The second-order valence-electron chi connectivity index (χ2n) is 4.22. The van der Waals surface area contributed by atoms with Gasteiger partial charge in [-0.25, -0.2) is 4.39 Å². The zero-order valence-corrected chi connectivity index (χ0v) is 10.4. The number of hydrogen-bond acceptors (Lipinski definition) is 2. The highest BCUT2D eigenvalue weighted by molar-refractivity contribution is 7.99. The Bertz CT molecular complexity index is 413. The Hall–Kier alpha value is -0.910. The number of alkyl halides is 3. The summed E-state index contributed by atoms with van der Waals surface area (Å²) in [6, 6.07) is 2.53. The molecule has 0 aliphatic carbocycles. The van der Waals surface area contributed by atoms with Gasteiger partial charge in [0.05, 0.1) is 11.3 Å². The fourth-order valence-electron chi connectivity index (χ4n) is 1.87. The predicted molar refractivity (Wildman–Crippen MR) is 65.4 cm³/mol. The Morgan fingerprint density at radius 3 is 2.44 bits per heavy atom. The molecule has 1 saturated heterocycles. The van der Waals surface area contributed by atoms with Gasteiger partial charge in [-0.1, -0.05) is 0 Å². The smallest absolute Gasteiger partial charge is 0.380 e. The van der Waals surface area contributed by atoms with Crippen molar-refractivity contribution < 1.29 is 17.6 Å². The monoisotopic (exact) mass is 279 g/mol. The van der Waals surface area contributed by atoms with Gasteiger partial charge in [-0.15, -0.1) is 0 Å². The van der Waals surface area contributed by atoms with E-state index in [-0.39, 0.29) is 11.7 Å². The molecule has 1 aromatic rings. The van der Waals surface area contributed by atoms with Crippen molar-refractivity contribution >= 4 is 17.4 Å². The highest BCUT2D eigenvalue weighted by Gasteiger charge is 2.31. The van der Waals surface area contributed by atoms with Crippen LogP contribution < -0.4 is 5.32 Å². The van der Waals surface area contributed by atoms with Crippen LogP contribution in [0.1, 0.15) is 18.4 Å². The fourth-order valence-corrected chi connectivity index (χ4v) is 2.98. The summed E-state index contributed by atoms with van der Waals surface area (Å²) >= 11 is 1.81. The maximum Gasteiger partial charge on any atom is 0.416 e. The minimum absolute atomic E-state index is 0.0540. The Kier molecular flexibility index (Phi) is 4.04. The number of thioether (sulfide) groups is 1. The summed E-state index contributed by atoms with van der Waals surface area (Å²) in [6.45, 7) is 0. The molecule has 1 fully saturated rings. The number of hydrogen-bond donors (Lipinski definition) is 1. The van der Waals surface area contributed by atoms with Crippen molar-refractivity contribution in [2.45, 2.75) is 25.1 Å². The van der Waals surface area contributed by atoms with Crippen LogP contribution in [0.5, 0.6) is 0 Å². The van der Waals surface area contributed by atoms with Gasteiger partial charge in [0, 0.05) is 6.04 Å². The summed E-state index contributed by atoms with van der Waals surface area (Å²) in [4.78, 5) is 0. The maximum absolute atomic E-state index is 13.5. The van der Waals surface area contributed by atoms with Crippen LogP contribution in [0.15, 0.2) is 18.2 Å². The lowest BCUT2D eigenvalue weighted by atomic mass is 10.1. The number of nitrogens with one attached hydrogen (secondary N) is 1. The van der Waals surface area contributed by atoms with Gasteiger partial charge in [0.1, 0.15) is 5.82 Å². The molecule has 0 saturated carbocycles. The second kappa shape index (κ2) is 5.38. The molecule has 100 valence electrons. The molecule has 18 heavy (non-hydrogen) atoms. The standard InChI is InChI=1S/C12H13F4NS/c13-10-2-1-8(12(14,15)16)7-11(10)17-9-3-5-18-6-4-9/h1-2,7,9,17H,3-6H2. The topological polar surface area (TPSA) is 12.0 Å². The van der Waals surface area contributed by atoms with E-state index in [2.05, 4.69) is 5.32 Å². The van der Waals surface area contributed by atoms with Gasteiger partial charge >= 0.3 is 6.18 Å². The lowest BCUT2D eigenvalue weighted by Crippen LogP contribution is -2.25. The average molecular weight is 279 g/mol. The van der Waals surface area contributed by atoms with E-state index in [1.807, 2.05) is 11.8 Å². The maximum atomic E-state index is 13.5. The molecule has 0 radical (unpaired) electrons. The number of halogens is 4. The van der Waals surface area contributed by atoms with Gasteiger partial charge in [0.2, 0.25) is 0 Å². The zero-order chi connectivity index (χ0) is 13.2. The van der Waals surface area contributed by atoms with Crippen LogP contribution in [0, 0.1) is 5.82 Å². The molecular weight excluding hydrogens is 266 g/mol. The zero-order valence-electron chi connectivity index (χ0n) is 9.56. The highest BCUT2D eigenvalue weighted by atomic mass is 32.2. The molecule has 0 amide bonds. The third-order valence-electron chi connectivity index (χ3n) is 2.87. The summed E-state index contributed by atoms with van der Waals surface area (Å²) in [5.74, 6) is 1.28. The molecule has 0 spiro atoms. The van der Waals surface area contributed by atoms with Gasteiger partial charge in [-0.2, -0.15) is 24.9 Å². The van der Waals surface area contributed by atoms with Crippen LogP contribution in [-0.2, 0) is 6.18 Å². The molecule has 6 heteroatoms. The third-order valence-corrected chi connectivity index (χ3v) is 3.92. The van der Waals surface area contributed by atoms with Crippen molar-refractivity contribution in [1.29, 1.82) is 0 Å². The lowest BCUT2D eigenvalue weighted by molar-refractivity contribution is -0.137. The molecular formula is C12H13F4NS. The molecule has 1 aliphatic heterocycles. The second-order valence-corrected chi connectivity index (χ2v) is 5.45. The molecule has 1 aromatic carbocycles. The molecule has 1 aliphatic rings. The van der Waals surface area contributed by atoms with E-state index in [0.717, 1.165) is 42.5 Å². The fraction of sp³-hybridized carbons (Fsp3) is 0.500. The molecule has 0 unspecified atom stereocenters. The first kappa shape index (κ1) is 13.5. The Balaban J connectivity index is 2.15. The van der Waals surface area contributed by atoms with Gasteiger partial charge in [0.25, 0.3) is 0 Å². The summed E-state index contributed by atoms with van der Waals surface area (Å²) < 4.78 is 51.1. The summed E-state index contributed by atoms with van der Waals surface area (Å²) in [5.41, 5.74) is -0.877. The van der Waals surface area contributed by atoms with Gasteiger partial charge in [-0.05, 0) is 42.5 Å². The normalized spacial score (nSPS) is 17.8. The van der Waals surface area contributed by atoms with E-state index < -0.39 is 17.6 Å². The van der Waals surface area contributed by atoms with E-state index in [1.54, 1.807) is 0 Å². The first-order chi connectivity index (χ1) is 8.47. The van der Waals surface area contributed by atoms with E-state index in [9.17, 15) is 17.6 Å². The Morgan fingerprint density at radius 1 is 1.17 bits per heavy atom. The van der Waals surface area contributed by atoms with Gasteiger partial charge < -0.3 is 5.32 Å². The largest absolute Gasteiger partial charge is 0.416 e. The summed E-state index contributed by atoms with van der Waals surface area (Å²) in [5, 5.41) is 2.87. The highest BCUT2D eigenvalue weighted by Crippen LogP contribution is 2.32. The van der Waals surface area contributed by atoms with Crippen molar-refractivity contribution in [3.05, 3.63) is 29.6 Å². The molecule has 0 bridgehead atoms. The van der Waals surface area contributed by atoms with Crippen LogP contribution in [0.3, 0.4) is 0 Å². The predicted octanol–water partition coefficient (Wildman–Crippen LogP) is 4.15. The number of anilines is 1. The number of rotatable bonds is 2. The van der Waals surface area contributed by atoms with E-state index in [0.29, 0.717) is 0 Å². The lowest BCUT2D eigenvalue weighted by Gasteiger charge is -2.24. The Labute approximate surface area is 107 Å². The summed E-state index contributed by atoms with van der Waals surface area (Å²) in [6.07, 6.45) is -2.74. The van der Waals surface area contributed by atoms with Crippen LogP contribution in [0.25, 0.3) is 0 Å². The first-order valence-corrected chi connectivity index (χ1v) is 6.83. The molecule has 2 rings (SSSR count). The minimum atomic E-state index is -4.44. The first-order valence-electron chi connectivity index (χ1n) is 5.68. The van der Waals surface area contributed by atoms with E-state index in [1.165, 1.54) is 0 Å². The number of benzene rings is 1. The Morgan fingerprint density at radius 2 is 1.83 bits per heavy atom. The van der Waals surface area contributed by atoms with Crippen LogP contribution in [-0.4, -0.2) is 17.5 Å².